The zero-order chi connectivity index (χ0) is 21.3. The Labute approximate surface area is 176 Å². The van der Waals surface area contributed by atoms with E-state index in [0.717, 1.165) is 22.4 Å². The maximum Gasteiger partial charge on any atom is 0.247 e. The molecule has 0 bridgehead atoms. The minimum atomic E-state index is -0.540. The van der Waals surface area contributed by atoms with Crippen molar-refractivity contribution in [2.75, 3.05) is 10.6 Å². The number of carbonyl (C=O) groups excluding carboxylic acids is 3. The van der Waals surface area contributed by atoms with Gasteiger partial charge in [0.2, 0.25) is 17.7 Å². The van der Waals surface area contributed by atoms with E-state index in [1.54, 1.807) is 11.0 Å². The molecule has 2 aromatic rings. The van der Waals surface area contributed by atoms with Crippen molar-refractivity contribution in [3.05, 3.63) is 59.2 Å². The van der Waals surface area contributed by atoms with E-state index in [0.29, 0.717) is 37.9 Å². The summed E-state index contributed by atoms with van der Waals surface area (Å²) in [5.74, 6) is 0.0721. The predicted octanol–water partition coefficient (Wildman–Crippen LogP) is 3.51. The summed E-state index contributed by atoms with van der Waals surface area (Å²) in [5, 5.41) is 5.85. The molecular formula is C24H27N3O3. The van der Waals surface area contributed by atoms with Crippen LogP contribution in [-0.2, 0) is 33.8 Å². The van der Waals surface area contributed by atoms with Gasteiger partial charge in [-0.3, -0.25) is 14.4 Å². The maximum absolute atomic E-state index is 13.2. The number of nitrogens with zero attached hydrogens (tertiary/aromatic N) is 1. The van der Waals surface area contributed by atoms with E-state index in [4.69, 9.17) is 0 Å². The highest BCUT2D eigenvalue weighted by molar-refractivity contribution is 5.99. The van der Waals surface area contributed by atoms with Crippen LogP contribution in [0, 0.1) is 5.92 Å². The predicted molar refractivity (Wildman–Crippen MR) is 116 cm³/mol. The molecule has 2 aliphatic rings. The van der Waals surface area contributed by atoms with Crippen LogP contribution in [0.5, 0.6) is 0 Å². The van der Waals surface area contributed by atoms with Crippen molar-refractivity contribution in [3.63, 3.8) is 0 Å². The van der Waals surface area contributed by atoms with Gasteiger partial charge in [0.05, 0.1) is 0 Å². The first-order valence-corrected chi connectivity index (χ1v) is 10.5. The Morgan fingerprint density at radius 2 is 1.87 bits per heavy atom. The summed E-state index contributed by atoms with van der Waals surface area (Å²) in [6.45, 7) is 4.48. The summed E-state index contributed by atoms with van der Waals surface area (Å²) in [5.41, 5.74) is 4.70. The fourth-order valence-corrected chi connectivity index (χ4v) is 4.17. The van der Waals surface area contributed by atoms with Crippen molar-refractivity contribution < 1.29 is 14.4 Å². The second-order valence-corrected chi connectivity index (χ2v) is 8.52. The van der Waals surface area contributed by atoms with Gasteiger partial charge in [-0.2, -0.15) is 0 Å². The number of amides is 3. The molecule has 6 heteroatoms. The van der Waals surface area contributed by atoms with Gasteiger partial charge in [0.15, 0.2) is 0 Å². The summed E-state index contributed by atoms with van der Waals surface area (Å²) in [4.78, 5) is 39.4. The first-order chi connectivity index (χ1) is 14.4. The quantitative estimate of drug-likeness (QED) is 0.817. The lowest BCUT2D eigenvalue weighted by molar-refractivity contribution is -0.140. The van der Waals surface area contributed by atoms with Crippen molar-refractivity contribution in [1.29, 1.82) is 0 Å². The molecule has 2 heterocycles. The van der Waals surface area contributed by atoms with Crippen LogP contribution in [0.15, 0.2) is 42.5 Å². The van der Waals surface area contributed by atoms with Gasteiger partial charge in [-0.25, -0.2) is 0 Å². The highest BCUT2D eigenvalue weighted by atomic mass is 16.2. The minimum Gasteiger partial charge on any atom is -0.326 e. The van der Waals surface area contributed by atoms with Crippen LogP contribution in [0.2, 0.25) is 0 Å². The van der Waals surface area contributed by atoms with Crippen LogP contribution in [0.3, 0.4) is 0 Å². The number of anilines is 2. The van der Waals surface area contributed by atoms with Gasteiger partial charge in [-0.1, -0.05) is 38.1 Å². The second kappa shape index (κ2) is 8.30. The minimum absolute atomic E-state index is 0.00723. The second-order valence-electron chi connectivity index (χ2n) is 8.52. The summed E-state index contributed by atoms with van der Waals surface area (Å²) in [6.07, 6.45) is 2.03. The van der Waals surface area contributed by atoms with Gasteiger partial charge in [-0.15, -0.1) is 0 Å². The normalized spacial score (nSPS) is 17.8. The fourth-order valence-electron chi connectivity index (χ4n) is 4.17. The summed E-state index contributed by atoms with van der Waals surface area (Å²) in [6, 6.07) is 13.0. The van der Waals surface area contributed by atoms with Crippen molar-refractivity contribution >= 4 is 29.1 Å². The van der Waals surface area contributed by atoms with Gasteiger partial charge in [0.1, 0.15) is 6.04 Å². The molecule has 0 spiro atoms. The topological polar surface area (TPSA) is 78.5 Å². The van der Waals surface area contributed by atoms with Gasteiger partial charge in [0, 0.05) is 37.2 Å². The lowest BCUT2D eigenvalue weighted by atomic mass is 9.92. The maximum atomic E-state index is 13.2. The number of carbonyl (C=O) groups is 3. The fraction of sp³-hybridized carbons (Fsp3) is 0.375. The van der Waals surface area contributed by atoms with Gasteiger partial charge < -0.3 is 15.5 Å². The summed E-state index contributed by atoms with van der Waals surface area (Å²) in [7, 11) is 0. The molecule has 1 atom stereocenters. The van der Waals surface area contributed by atoms with E-state index in [2.05, 4.69) is 10.6 Å². The van der Waals surface area contributed by atoms with Crippen LogP contribution >= 0.6 is 0 Å². The van der Waals surface area contributed by atoms with E-state index in [1.165, 1.54) is 0 Å². The third kappa shape index (κ3) is 4.22. The zero-order valence-electron chi connectivity index (χ0n) is 17.4. The molecule has 6 nitrogen and oxygen atoms in total. The lowest BCUT2D eigenvalue weighted by Gasteiger charge is -2.36. The average Bonchev–Trinajstić information content (AvgIpc) is 2.72. The SMILES string of the molecule is CC(C)CC(=O)N1Cc2ccccc2CC1C(=O)Nc1ccc2c(c1)CCC(=O)N2. The molecule has 0 fully saturated rings. The molecule has 1 unspecified atom stereocenters. The molecule has 2 aromatic carbocycles. The van der Waals surface area contributed by atoms with Crippen LogP contribution in [-0.4, -0.2) is 28.7 Å². The Morgan fingerprint density at radius 3 is 2.63 bits per heavy atom. The van der Waals surface area contributed by atoms with Gasteiger partial charge in [0.25, 0.3) is 0 Å². The Morgan fingerprint density at radius 1 is 1.10 bits per heavy atom. The molecule has 0 radical (unpaired) electrons. The van der Waals surface area contributed by atoms with E-state index in [-0.39, 0.29) is 23.6 Å². The van der Waals surface area contributed by atoms with E-state index in [1.807, 2.05) is 50.2 Å². The van der Waals surface area contributed by atoms with E-state index < -0.39 is 6.04 Å². The standard InChI is InChI=1S/C24H27N3O3/c1-15(2)11-23(29)27-14-18-6-4-3-5-16(18)13-21(27)24(30)25-19-8-9-20-17(12-19)7-10-22(28)26-20/h3-6,8-9,12,15,21H,7,10-11,13-14H2,1-2H3,(H,25,30)(H,26,28). The first kappa shape index (κ1) is 20.1. The Balaban J connectivity index is 1.56. The molecule has 3 amide bonds. The molecule has 0 saturated carbocycles. The molecule has 0 aromatic heterocycles. The van der Waals surface area contributed by atoms with Crippen molar-refractivity contribution in [2.45, 2.75) is 52.1 Å². The Bertz CT molecular complexity index is 999. The number of aryl methyl sites for hydroxylation is 1. The number of hydrogen-bond donors (Lipinski definition) is 2. The molecule has 2 aliphatic heterocycles. The highest BCUT2D eigenvalue weighted by Gasteiger charge is 2.34. The number of nitrogens with one attached hydrogen (secondary N) is 2. The van der Waals surface area contributed by atoms with Crippen LogP contribution in [0.25, 0.3) is 0 Å². The number of fused-ring (bicyclic) bond motifs is 2. The Kier molecular flexibility index (Phi) is 5.57. The first-order valence-electron chi connectivity index (χ1n) is 10.5. The smallest absolute Gasteiger partial charge is 0.247 e. The lowest BCUT2D eigenvalue weighted by Crippen LogP contribution is -2.50. The molecule has 0 saturated heterocycles. The molecule has 156 valence electrons. The van der Waals surface area contributed by atoms with Gasteiger partial charge >= 0.3 is 0 Å². The number of benzene rings is 2. The molecule has 0 aliphatic carbocycles. The zero-order valence-corrected chi connectivity index (χ0v) is 17.4. The summed E-state index contributed by atoms with van der Waals surface area (Å²) >= 11 is 0. The van der Waals surface area contributed by atoms with Gasteiger partial charge in [-0.05, 0) is 47.2 Å². The van der Waals surface area contributed by atoms with Crippen LogP contribution < -0.4 is 10.6 Å². The van der Waals surface area contributed by atoms with E-state index >= 15 is 0 Å². The van der Waals surface area contributed by atoms with Crippen LogP contribution in [0.1, 0.15) is 43.4 Å². The highest BCUT2D eigenvalue weighted by Crippen LogP contribution is 2.28. The van der Waals surface area contributed by atoms with Crippen LogP contribution in [0.4, 0.5) is 11.4 Å². The third-order valence-electron chi connectivity index (χ3n) is 5.72. The monoisotopic (exact) mass is 405 g/mol. The molecule has 4 rings (SSSR count). The molecular weight excluding hydrogens is 378 g/mol. The van der Waals surface area contributed by atoms with Crippen molar-refractivity contribution in [1.82, 2.24) is 4.90 Å². The Hall–Kier alpha value is -3.15. The third-order valence-corrected chi connectivity index (χ3v) is 5.72. The molecule has 2 N–H and O–H groups in total. The average molecular weight is 405 g/mol. The largest absolute Gasteiger partial charge is 0.326 e. The number of hydrogen-bond acceptors (Lipinski definition) is 3. The van der Waals surface area contributed by atoms with Crippen molar-refractivity contribution in [2.24, 2.45) is 5.92 Å². The number of rotatable bonds is 4. The molecule has 30 heavy (non-hydrogen) atoms. The van der Waals surface area contributed by atoms with Crippen molar-refractivity contribution in [3.8, 4) is 0 Å². The summed E-state index contributed by atoms with van der Waals surface area (Å²) < 4.78 is 0. The van der Waals surface area contributed by atoms with E-state index in [9.17, 15) is 14.4 Å².